The molecule has 0 radical (unpaired) electrons. The lowest BCUT2D eigenvalue weighted by Gasteiger charge is -2.29. The molecule has 0 unspecified atom stereocenters. The Balaban J connectivity index is 2.91. The number of hydrogen-bond acceptors (Lipinski definition) is 4. The van der Waals surface area contributed by atoms with Gasteiger partial charge >= 0.3 is 0 Å². The van der Waals surface area contributed by atoms with Gasteiger partial charge in [-0.1, -0.05) is 23.8 Å². The van der Waals surface area contributed by atoms with E-state index in [1.807, 2.05) is 32.1 Å². The van der Waals surface area contributed by atoms with Gasteiger partial charge in [-0.05, 0) is 45.4 Å². The van der Waals surface area contributed by atoms with Crippen LogP contribution in [0.15, 0.2) is 29.8 Å². The molecule has 0 fully saturated rings. The maximum Gasteiger partial charge on any atom is 0.267 e. The number of carbonyl (C=O) groups excluding carboxylic acids is 2. The molecule has 0 spiro atoms. The Bertz CT molecular complexity index is 567. The summed E-state index contributed by atoms with van der Waals surface area (Å²) in [6.45, 7) is 7.15. The van der Waals surface area contributed by atoms with Crippen LogP contribution in [-0.2, 0) is 4.79 Å². The van der Waals surface area contributed by atoms with E-state index in [9.17, 15) is 9.59 Å². The maximum atomic E-state index is 12.2. The predicted molar refractivity (Wildman–Crippen MR) is 85.2 cm³/mol. The van der Waals surface area contributed by atoms with Gasteiger partial charge in [-0.3, -0.25) is 14.8 Å². The van der Waals surface area contributed by atoms with Gasteiger partial charge in [0.2, 0.25) is 0 Å². The molecule has 0 aliphatic heterocycles. The molecule has 1 atom stereocenters. The van der Waals surface area contributed by atoms with Gasteiger partial charge in [0, 0.05) is 11.1 Å². The van der Waals surface area contributed by atoms with Crippen molar-refractivity contribution < 1.29 is 14.8 Å². The lowest BCUT2D eigenvalue weighted by Crippen LogP contribution is -2.61. The van der Waals surface area contributed by atoms with Crippen molar-refractivity contribution in [3.8, 4) is 0 Å². The molecule has 5 N–H and O–H groups in total. The average molecular weight is 305 g/mol. The minimum absolute atomic E-state index is 0.408. The van der Waals surface area contributed by atoms with E-state index in [1.54, 1.807) is 26.0 Å². The van der Waals surface area contributed by atoms with Gasteiger partial charge < -0.3 is 11.1 Å². The number of nitrogens with two attached hydrogens (primary N) is 1. The first-order chi connectivity index (χ1) is 10.1. The maximum absolute atomic E-state index is 12.2. The second-order valence-corrected chi connectivity index (χ2v) is 6.05. The Hall–Kier alpha value is -2.18. The number of rotatable bonds is 5. The van der Waals surface area contributed by atoms with Gasteiger partial charge in [0.25, 0.3) is 11.8 Å². The highest BCUT2D eigenvalue weighted by atomic mass is 16.5. The second-order valence-electron chi connectivity index (χ2n) is 6.05. The number of carbonyl (C=O) groups is 2. The molecule has 0 aliphatic carbocycles. The SMILES string of the molecule is CC(C)=Cc1ccc(C(=O)N[C@H](C(=O)NO)C(C)(C)N)cc1. The van der Waals surface area contributed by atoms with E-state index in [-0.39, 0.29) is 0 Å². The molecule has 120 valence electrons. The summed E-state index contributed by atoms with van der Waals surface area (Å²) >= 11 is 0. The molecule has 0 saturated heterocycles. The monoisotopic (exact) mass is 305 g/mol. The van der Waals surface area contributed by atoms with E-state index >= 15 is 0 Å². The van der Waals surface area contributed by atoms with Crippen molar-refractivity contribution in [1.29, 1.82) is 0 Å². The molecule has 2 amide bonds. The fraction of sp³-hybridized carbons (Fsp3) is 0.375. The third-order valence-corrected chi connectivity index (χ3v) is 3.02. The Labute approximate surface area is 130 Å². The van der Waals surface area contributed by atoms with Crippen LogP contribution < -0.4 is 16.5 Å². The van der Waals surface area contributed by atoms with Crippen molar-refractivity contribution in [2.45, 2.75) is 39.3 Å². The topological polar surface area (TPSA) is 104 Å². The van der Waals surface area contributed by atoms with E-state index in [4.69, 9.17) is 10.9 Å². The molecule has 6 nitrogen and oxygen atoms in total. The summed E-state index contributed by atoms with van der Waals surface area (Å²) in [5.74, 6) is -1.20. The van der Waals surface area contributed by atoms with Crippen molar-refractivity contribution in [3.63, 3.8) is 0 Å². The molecule has 22 heavy (non-hydrogen) atoms. The first-order valence-corrected chi connectivity index (χ1v) is 6.94. The van der Waals surface area contributed by atoms with Gasteiger partial charge in [0.05, 0.1) is 0 Å². The summed E-state index contributed by atoms with van der Waals surface area (Å²) in [6, 6.07) is 5.92. The van der Waals surface area contributed by atoms with Crippen molar-refractivity contribution >= 4 is 17.9 Å². The van der Waals surface area contributed by atoms with Crippen LogP contribution in [0.25, 0.3) is 6.08 Å². The molecule has 1 aromatic carbocycles. The van der Waals surface area contributed by atoms with Crippen LogP contribution in [0.3, 0.4) is 0 Å². The van der Waals surface area contributed by atoms with E-state index < -0.39 is 23.4 Å². The van der Waals surface area contributed by atoms with Crippen LogP contribution in [-0.4, -0.2) is 28.6 Å². The van der Waals surface area contributed by atoms with Crippen LogP contribution in [0.5, 0.6) is 0 Å². The molecular formula is C16H23N3O3. The van der Waals surface area contributed by atoms with Crippen LogP contribution in [0.1, 0.15) is 43.6 Å². The summed E-state index contributed by atoms with van der Waals surface area (Å²) in [6.07, 6.45) is 1.99. The van der Waals surface area contributed by atoms with Crippen LogP contribution >= 0.6 is 0 Å². The van der Waals surface area contributed by atoms with Crippen molar-refractivity contribution in [1.82, 2.24) is 10.8 Å². The average Bonchev–Trinajstić information content (AvgIpc) is 2.42. The summed E-state index contributed by atoms with van der Waals surface area (Å²) in [4.78, 5) is 23.8. The molecule has 0 heterocycles. The fourth-order valence-corrected chi connectivity index (χ4v) is 1.93. The molecular weight excluding hydrogens is 282 g/mol. The Kier molecular flexibility index (Phi) is 5.84. The van der Waals surface area contributed by atoms with E-state index in [0.717, 1.165) is 11.1 Å². The lowest BCUT2D eigenvalue weighted by molar-refractivity contribution is -0.132. The van der Waals surface area contributed by atoms with Gasteiger partial charge in [-0.15, -0.1) is 0 Å². The quantitative estimate of drug-likeness (QED) is 0.488. The minimum Gasteiger partial charge on any atom is -0.338 e. The zero-order valence-electron chi connectivity index (χ0n) is 13.3. The first kappa shape index (κ1) is 17.9. The number of benzene rings is 1. The third-order valence-electron chi connectivity index (χ3n) is 3.02. The fourth-order valence-electron chi connectivity index (χ4n) is 1.93. The van der Waals surface area contributed by atoms with Crippen molar-refractivity contribution in [2.75, 3.05) is 0 Å². The van der Waals surface area contributed by atoms with Crippen molar-refractivity contribution in [2.24, 2.45) is 5.73 Å². The summed E-state index contributed by atoms with van der Waals surface area (Å²) in [5.41, 5.74) is 8.91. The summed E-state index contributed by atoms with van der Waals surface area (Å²) in [5, 5.41) is 11.3. The standard InChI is InChI=1S/C16H23N3O3/c1-10(2)9-11-5-7-12(8-6-11)14(20)18-13(15(21)19-22)16(3,4)17/h5-9,13,22H,17H2,1-4H3,(H,18,20)(H,19,21)/t13-/m1/s1. The predicted octanol–water partition coefficient (Wildman–Crippen LogP) is 1.45. The normalized spacial score (nSPS) is 12.3. The summed E-state index contributed by atoms with van der Waals surface area (Å²) in [7, 11) is 0. The van der Waals surface area contributed by atoms with Gasteiger partial charge in [0.1, 0.15) is 6.04 Å². The minimum atomic E-state index is -1.05. The third kappa shape index (κ3) is 4.98. The second kappa shape index (κ2) is 7.20. The smallest absolute Gasteiger partial charge is 0.267 e. The molecule has 0 bridgehead atoms. The Morgan fingerprint density at radius 3 is 2.18 bits per heavy atom. The first-order valence-electron chi connectivity index (χ1n) is 6.94. The van der Waals surface area contributed by atoms with Gasteiger partial charge in [0.15, 0.2) is 0 Å². The van der Waals surface area contributed by atoms with Crippen LogP contribution in [0.4, 0.5) is 0 Å². The van der Waals surface area contributed by atoms with E-state index in [0.29, 0.717) is 5.56 Å². The largest absolute Gasteiger partial charge is 0.338 e. The Morgan fingerprint density at radius 2 is 1.77 bits per heavy atom. The highest BCUT2D eigenvalue weighted by molar-refractivity contribution is 5.98. The zero-order valence-corrected chi connectivity index (χ0v) is 13.3. The molecule has 1 rings (SSSR count). The summed E-state index contributed by atoms with van der Waals surface area (Å²) < 4.78 is 0. The lowest BCUT2D eigenvalue weighted by atomic mass is 9.95. The number of hydrogen-bond donors (Lipinski definition) is 4. The van der Waals surface area contributed by atoms with Gasteiger partial charge in [-0.2, -0.15) is 0 Å². The highest BCUT2D eigenvalue weighted by Crippen LogP contribution is 2.11. The molecule has 0 aliphatic rings. The molecule has 0 aromatic heterocycles. The number of hydroxylamine groups is 1. The number of amides is 2. The molecule has 6 heteroatoms. The number of allylic oxidation sites excluding steroid dienone is 1. The molecule has 1 aromatic rings. The number of nitrogens with one attached hydrogen (secondary N) is 2. The highest BCUT2D eigenvalue weighted by Gasteiger charge is 2.33. The zero-order chi connectivity index (χ0) is 16.9. The van der Waals surface area contributed by atoms with Crippen molar-refractivity contribution in [3.05, 3.63) is 41.0 Å². The Morgan fingerprint density at radius 1 is 1.23 bits per heavy atom. The van der Waals surface area contributed by atoms with E-state index in [2.05, 4.69) is 5.32 Å². The molecule has 0 saturated carbocycles. The van der Waals surface area contributed by atoms with Crippen LogP contribution in [0, 0.1) is 0 Å². The van der Waals surface area contributed by atoms with E-state index in [1.165, 1.54) is 5.48 Å². The van der Waals surface area contributed by atoms with Gasteiger partial charge in [-0.25, -0.2) is 5.48 Å². The van der Waals surface area contributed by atoms with Crippen LogP contribution in [0.2, 0.25) is 0 Å².